The maximum absolute atomic E-state index is 10.8. The maximum atomic E-state index is 10.8. The summed E-state index contributed by atoms with van der Waals surface area (Å²) in [6.45, 7) is 2.36. The molecule has 106 valence electrons. The average Bonchev–Trinajstić information content (AvgIpc) is 2.91. The molecule has 0 amide bonds. The molecule has 0 aliphatic carbocycles. The van der Waals surface area contributed by atoms with Gasteiger partial charge in [0.2, 0.25) is 0 Å². The second-order valence-electron chi connectivity index (χ2n) is 4.45. The van der Waals surface area contributed by atoms with Crippen LogP contribution in [0.2, 0.25) is 0 Å². The summed E-state index contributed by atoms with van der Waals surface area (Å²) < 4.78 is 7.14. The Morgan fingerprint density at radius 2 is 2.15 bits per heavy atom. The third-order valence-electron chi connectivity index (χ3n) is 2.91. The van der Waals surface area contributed by atoms with Crippen LogP contribution in [-0.4, -0.2) is 31.3 Å². The van der Waals surface area contributed by atoms with Crippen LogP contribution in [-0.2, 0) is 17.9 Å². The fourth-order valence-corrected chi connectivity index (χ4v) is 1.60. The van der Waals surface area contributed by atoms with Crippen LogP contribution in [0.3, 0.4) is 0 Å². The van der Waals surface area contributed by atoms with Crippen molar-refractivity contribution in [3.05, 3.63) is 36.2 Å². The molecule has 0 radical (unpaired) electrons. The average molecular weight is 276 g/mol. The van der Waals surface area contributed by atoms with Gasteiger partial charge in [0.25, 0.3) is 0 Å². The van der Waals surface area contributed by atoms with Gasteiger partial charge in [0.05, 0.1) is 5.92 Å². The van der Waals surface area contributed by atoms with Crippen molar-refractivity contribution in [2.24, 2.45) is 5.92 Å². The minimum absolute atomic E-state index is 0.248. The maximum Gasteiger partial charge on any atom is 0.306 e. The van der Waals surface area contributed by atoms with Gasteiger partial charge >= 0.3 is 5.97 Å². The number of rotatable bonds is 7. The van der Waals surface area contributed by atoms with Crippen LogP contribution >= 0.6 is 0 Å². The van der Waals surface area contributed by atoms with Crippen molar-refractivity contribution in [2.75, 3.05) is 0 Å². The van der Waals surface area contributed by atoms with Crippen LogP contribution in [0.25, 0.3) is 0 Å². The molecule has 2 rings (SSSR count). The van der Waals surface area contributed by atoms with Gasteiger partial charge in [-0.15, -0.1) is 5.10 Å². The Kier molecular flexibility index (Phi) is 4.65. The third-order valence-corrected chi connectivity index (χ3v) is 2.91. The fraction of sp³-hybridized carbons (Fsp3) is 0.385. The van der Waals surface area contributed by atoms with Crippen LogP contribution in [0, 0.1) is 5.92 Å². The lowest BCUT2D eigenvalue weighted by Gasteiger charge is -2.08. The van der Waals surface area contributed by atoms with E-state index in [0.29, 0.717) is 18.8 Å². The monoisotopic (exact) mass is 276 g/mol. The van der Waals surface area contributed by atoms with Crippen molar-refractivity contribution in [2.45, 2.75) is 26.5 Å². The first-order chi connectivity index (χ1) is 9.66. The highest BCUT2D eigenvalue weighted by Gasteiger charge is 2.13. The van der Waals surface area contributed by atoms with E-state index in [1.165, 1.54) is 0 Å². The fourth-order valence-electron chi connectivity index (χ4n) is 1.60. The van der Waals surface area contributed by atoms with Crippen LogP contribution in [0.15, 0.2) is 30.3 Å². The van der Waals surface area contributed by atoms with E-state index in [-0.39, 0.29) is 6.61 Å². The first-order valence-corrected chi connectivity index (χ1v) is 6.32. The largest absolute Gasteiger partial charge is 0.486 e. The Balaban J connectivity index is 1.90. The van der Waals surface area contributed by atoms with E-state index in [1.54, 1.807) is 11.6 Å². The molecule has 1 atom stereocenters. The second-order valence-corrected chi connectivity index (χ2v) is 4.45. The van der Waals surface area contributed by atoms with Gasteiger partial charge in [-0.25, -0.2) is 4.68 Å². The van der Waals surface area contributed by atoms with Crippen LogP contribution in [0.5, 0.6) is 5.75 Å². The summed E-state index contributed by atoms with van der Waals surface area (Å²) in [4.78, 5) is 10.8. The molecule has 0 bridgehead atoms. The second kappa shape index (κ2) is 6.65. The minimum Gasteiger partial charge on any atom is -0.486 e. The number of hydrogen-bond acceptors (Lipinski definition) is 5. The molecule has 0 fully saturated rings. The van der Waals surface area contributed by atoms with Crippen molar-refractivity contribution < 1.29 is 14.6 Å². The number of para-hydroxylation sites is 1. The standard InChI is InChI=1S/C13H16N4O3/c1-10(13(18)19)7-8-17-12(14-15-16-17)9-20-11-5-3-2-4-6-11/h2-6,10H,7-9H2,1H3,(H,18,19). The van der Waals surface area contributed by atoms with Crippen LogP contribution < -0.4 is 4.74 Å². The number of carboxylic acids is 1. The number of hydrogen-bond donors (Lipinski definition) is 1. The zero-order chi connectivity index (χ0) is 14.4. The molecule has 7 heteroatoms. The lowest BCUT2D eigenvalue weighted by molar-refractivity contribution is -0.141. The highest BCUT2D eigenvalue weighted by molar-refractivity contribution is 5.69. The summed E-state index contributed by atoms with van der Waals surface area (Å²) in [5.41, 5.74) is 0. The highest BCUT2D eigenvalue weighted by atomic mass is 16.5. The number of benzene rings is 1. The predicted molar refractivity (Wildman–Crippen MR) is 70.0 cm³/mol. The number of ether oxygens (including phenoxy) is 1. The van der Waals surface area contributed by atoms with Crippen molar-refractivity contribution in [1.29, 1.82) is 0 Å². The first-order valence-electron chi connectivity index (χ1n) is 6.32. The molecule has 1 N–H and O–H groups in total. The summed E-state index contributed by atoms with van der Waals surface area (Å²) in [5, 5.41) is 20.2. The Morgan fingerprint density at radius 1 is 1.40 bits per heavy atom. The van der Waals surface area contributed by atoms with Gasteiger partial charge in [-0.05, 0) is 29.0 Å². The van der Waals surface area contributed by atoms with Gasteiger partial charge < -0.3 is 9.84 Å². The SMILES string of the molecule is CC(CCn1nnnc1COc1ccccc1)C(=O)O. The van der Waals surface area contributed by atoms with E-state index in [0.717, 1.165) is 5.75 Å². The molecule has 7 nitrogen and oxygen atoms in total. The number of nitrogens with zero attached hydrogens (tertiary/aromatic N) is 4. The Bertz CT molecular complexity index is 556. The molecule has 1 heterocycles. The number of carbonyl (C=O) groups is 1. The lowest BCUT2D eigenvalue weighted by atomic mass is 10.1. The molecule has 0 aliphatic rings. The van der Waals surface area contributed by atoms with Crippen LogP contribution in [0.1, 0.15) is 19.2 Å². The Hall–Kier alpha value is -2.44. The number of aliphatic carboxylic acids is 1. The van der Waals surface area contributed by atoms with Crippen molar-refractivity contribution >= 4 is 5.97 Å². The highest BCUT2D eigenvalue weighted by Crippen LogP contribution is 2.11. The summed E-state index contributed by atoms with van der Waals surface area (Å²) in [6, 6.07) is 9.37. The zero-order valence-electron chi connectivity index (χ0n) is 11.1. The van der Waals surface area contributed by atoms with E-state index in [1.807, 2.05) is 30.3 Å². The Labute approximate surface area is 116 Å². The number of carboxylic acid groups (broad SMARTS) is 1. The van der Waals surface area contributed by atoms with E-state index in [4.69, 9.17) is 9.84 Å². The predicted octanol–water partition coefficient (Wildman–Crippen LogP) is 1.36. The van der Waals surface area contributed by atoms with Crippen molar-refractivity contribution in [3.8, 4) is 5.75 Å². The van der Waals surface area contributed by atoms with Crippen LogP contribution in [0.4, 0.5) is 0 Å². The Morgan fingerprint density at radius 3 is 2.85 bits per heavy atom. The summed E-state index contributed by atoms with van der Waals surface area (Å²) in [7, 11) is 0. The molecule has 2 aromatic rings. The zero-order valence-corrected chi connectivity index (χ0v) is 11.1. The summed E-state index contributed by atoms with van der Waals surface area (Å²) in [6.07, 6.45) is 0.471. The van der Waals surface area contributed by atoms with E-state index in [9.17, 15) is 4.79 Å². The van der Waals surface area contributed by atoms with Gasteiger partial charge in [0.1, 0.15) is 12.4 Å². The molecule has 0 saturated carbocycles. The normalized spacial score (nSPS) is 12.1. The van der Waals surface area contributed by atoms with Gasteiger partial charge in [-0.3, -0.25) is 4.79 Å². The van der Waals surface area contributed by atoms with E-state index >= 15 is 0 Å². The van der Waals surface area contributed by atoms with Gasteiger partial charge in [-0.1, -0.05) is 25.1 Å². The molecule has 0 saturated heterocycles. The molecular weight excluding hydrogens is 260 g/mol. The first kappa shape index (κ1) is 14.0. The summed E-state index contributed by atoms with van der Waals surface area (Å²) >= 11 is 0. The molecule has 0 spiro atoms. The number of tetrazole rings is 1. The van der Waals surface area contributed by atoms with Gasteiger partial charge in [0, 0.05) is 6.54 Å². The van der Waals surface area contributed by atoms with E-state index in [2.05, 4.69) is 15.5 Å². The number of aromatic nitrogens is 4. The minimum atomic E-state index is -0.819. The molecule has 1 aromatic heterocycles. The lowest BCUT2D eigenvalue weighted by Crippen LogP contribution is -2.15. The van der Waals surface area contributed by atoms with Crippen molar-refractivity contribution in [3.63, 3.8) is 0 Å². The molecule has 1 aromatic carbocycles. The third kappa shape index (κ3) is 3.78. The molecule has 20 heavy (non-hydrogen) atoms. The quantitative estimate of drug-likeness (QED) is 0.821. The molecule has 0 aliphatic heterocycles. The summed E-state index contributed by atoms with van der Waals surface area (Å²) in [5.74, 6) is 0.0645. The molecule has 1 unspecified atom stereocenters. The van der Waals surface area contributed by atoms with Gasteiger partial charge in [0.15, 0.2) is 5.82 Å². The van der Waals surface area contributed by atoms with Gasteiger partial charge in [-0.2, -0.15) is 0 Å². The number of aryl methyl sites for hydroxylation is 1. The van der Waals surface area contributed by atoms with Crippen molar-refractivity contribution in [1.82, 2.24) is 20.2 Å². The smallest absolute Gasteiger partial charge is 0.306 e. The molecular formula is C13H16N4O3. The topological polar surface area (TPSA) is 90.1 Å². The van der Waals surface area contributed by atoms with E-state index < -0.39 is 11.9 Å².